The number of imide groups is 2. The summed E-state index contributed by atoms with van der Waals surface area (Å²) in [7, 11) is 0. The third-order valence-corrected chi connectivity index (χ3v) is 6.30. The van der Waals surface area contributed by atoms with Crippen LogP contribution in [-0.4, -0.2) is 52.2 Å². The van der Waals surface area contributed by atoms with Crippen LogP contribution in [0.25, 0.3) is 0 Å². The van der Waals surface area contributed by atoms with Crippen LogP contribution >= 0.6 is 0 Å². The van der Waals surface area contributed by atoms with E-state index in [2.05, 4.69) is 10.6 Å². The van der Waals surface area contributed by atoms with Gasteiger partial charge in [-0.15, -0.1) is 0 Å². The molecule has 2 aliphatic heterocycles. The van der Waals surface area contributed by atoms with Crippen molar-refractivity contribution in [3.8, 4) is 0 Å². The lowest BCUT2D eigenvalue weighted by molar-refractivity contribution is -0.143. The van der Waals surface area contributed by atoms with E-state index in [1.165, 1.54) is 6.07 Å². The van der Waals surface area contributed by atoms with E-state index in [9.17, 15) is 28.4 Å². The maximum Gasteiger partial charge on any atom is 0.306 e. The number of piperidine rings is 1. The number of halogens is 1. The number of aliphatic carboxylic acids is 1. The lowest BCUT2D eigenvalue weighted by Crippen LogP contribution is -2.54. The molecular formula is C21H22FN3O6. The largest absolute Gasteiger partial charge is 0.481 e. The Labute approximate surface area is 177 Å². The fraction of sp³-hybridized carbons (Fsp3) is 0.476. The van der Waals surface area contributed by atoms with Crippen molar-refractivity contribution >= 4 is 35.3 Å². The molecule has 3 aliphatic rings. The van der Waals surface area contributed by atoms with Crippen LogP contribution in [0, 0.1) is 17.7 Å². The number of anilines is 1. The molecule has 1 aliphatic carbocycles. The molecule has 31 heavy (non-hydrogen) atoms. The molecule has 1 aromatic carbocycles. The number of hydrogen-bond acceptors (Lipinski definition) is 6. The average molecular weight is 431 g/mol. The number of hydrogen-bond donors (Lipinski definition) is 3. The van der Waals surface area contributed by atoms with Crippen molar-refractivity contribution in [1.29, 1.82) is 0 Å². The maximum absolute atomic E-state index is 14.6. The summed E-state index contributed by atoms with van der Waals surface area (Å²) < 4.78 is 14.6. The number of carboxylic acids is 1. The van der Waals surface area contributed by atoms with Gasteiger partial charge in [-0.25, -0.2) is 4.39 Å². The van der Waals surface area contributed by atoms with E-state index in [1.807, 2.05) is 0 Å². The van der Waals surface area contributed by atoms with Crippen LogP contribution in [-0.2, 0) is 14.4 Å². The van der Waals surface area contributed by atoms with Gasteiger partial charge in [0.2, 0.25) is 11.8 Å². The lowest BCUT2D eigenvalue weighted by Gasteiger charge is -2.27. The Morgan fingerprint density at radius 3 is 2.32 bits per heavy atom. The second kappa shape index (κ2) is 8.09. The molecule has 0 radical (unpaired) electrons. The van der Waals surface area contributed by atoms with E-state index in [1.54, 1.807) is 0 Å². The highest BCUT2D eigenvalue weighted by atomic mass is 19.1. The second-order valence-corrected chi connectivity index (χ2v) is 8.26. The first kappa shape index (κ1) is 21.0. The molecule has 0 spiro atoms. The molecule has 0 bridgehead atoms. The summed E-state index contributed by atoms with van der Waals surface area (Å²) in [6, 6.07) is 1.17. The Balaban J connectivity index is 1.47. The van der Waals surface area contributed by atoms with Gasteiger partial charge in [-0.2, -0.15) is 0 Å². The van der Waals surface area contributed by atoms with Crippen molar-refractivity contribution in [1.82, 2.24) is 10.2 Å². The number of carbonyl (C=O) groups excluding carboxylic acids is 4. The van der Waals surface area contributed by atoms with E-state index in [4.69, 9.17) is 5.11 Å². The van der Waals surface area contributed by atoms with E-state index >= 15 is 0 Å². The summed E-state index contributed by atoms with van der Waals surface area (Å²) in [4.78, 5) is 60.8. The highest BCUT2D eigenvalue weighted by Gasteiger charge is 2.45. The summed E-state index contributed by atoms with van der Waals surface area (Å²) in [5.74, 6) is -4.28. The van der Waals surface area contributed by atoms with Crippen molar-refractivity contribution in [2.45, 2.75) is 44.6 Å². The minimum absolute atomic E-state index is 0.00758. The van der Waals surface area contributed by atoms with Gasteiger partial charge >= 0.3 is 5.97 Å². The summed E-state index contributed by atoms with van der Waals surface area (Å²) in [5, 5.41) is 14.2. The van der Waals surface area contributed by atoms with Crippen LogP contribution in [0.2, 0.25) is 0 Å². The third-order valence-electron chi connectivity index (χ3n) is 6.30. The molecule has 1 saturated heterocycles. The van der Waals surface area contributed by atoms with Crippen molar-refractivity contribution in [3.05, 3.63) is 29.1 Å². The predicted octanol–water partition coefficient (Wildman–Crippen LogP) is 1.53. The van der Waals surface area contributed by atoms with E-state index in [-0.39, 0.29) is 41.5 Å². The van der Waals surface area contributed by atoms with Gasteiger partial charge in [-0.1, -0.05) is 0 Å². The molecule has 9 nitrogen and oxygen atoms in total. The van der Waals surface area contributed by atoms with Gasteiger partial charge in [0.25, 0.3) is 11.8 Å². The molecule has 164 valence electrons. The SMILES string of the molecule is O=C1CCC(N2C(=O)c3cc(F)c(NCC4CCC(C(=O)O)CC4)cc3C2=O)C(=O)N1. The average Bonchev–Trinajstić information content (AvgIpc) is 2.96. The first-order valence-electron chi connectivity index (χ1n) is 10.3. The highest BCUT2D eigenvalue weighted by molar-refractivity contribution is 6.23. The predicted molar refractivity (Wildman–Crippen MR) is 105 cm³/mol. The van der Waals surface area contributed by atoms with Gasteiger partial charge in [-0.3, -0.25) is 34.2 Å². The molecule has 1 saturated carbocycles. The molecule has 1 atom stereocenters. The highest BCUT2D eigenvalue weighted by Crippen LogP contribution is 2.33. The first-order valence-corrected chi connectivity index (χ1v) is 10.3. The minimum Gasteiger partial charge on any atom is -0.481 e. The van der Waals surface area contributed by atoms with Crippen LogP contribution in [0.1, 0.15) is 59.2 Å². The van der Waals surface area contributed by atoms with Crippen molar-refractivity contribution < 1.29 is 33.5 Å². The topological polar surface area (TPSA) is 133 Å². The summed E-state index contributed by atoms with van der Waals surface area (Å²) in [6.07, 6.45) is 2.59. The number of nitrogens with zero attached hydrogens (tertiary/aromatic N) is 1. The van der Waals surface area contributed by atoms with Crippen LogP contribution in [0.4, 0.5) is 10.1 Å². The van der Waals surface area contributed by atoms with E-state index in [0.717, 1.165) is 11.0 Å². The molecule has 4 rings (SSSR count). The van der Waals surface area contributed by atoms with Crippen molar-refractivity contribution in [3.63, 3.8) is 0 Å². The lowest BCUT2D eigenvalue weighted by atomic mass is 9.82. The van der Waals surface area contributed by atoms with Gasteiger partial charge in [-0.05, 0) is 50.2 Å². The van der Waals surface area contributed by atoms with Crippen LogP contribution < -0.4 is 10.6 Å². The van der Waals surface area contributed by atoms with Gasteiger partial charge in [0, 0.05) is 13.0 Å². The van der Waals surface area contributed by atoms with E-state index < -0.39 is 41.5 Å². The summed E-state index contributed by atoms with van der Waals surface area (Å²) >= 11 is 0. The normalized spacial score (nSPS) is 26.0. The van der Waals surface area contributed by atoms with Gasteiger partial charge in [0.15, 0.2) is 0 Å². The van der Waals surface area contributed by atoms with Crippen molar-refractivity contribution in [2.75, 3.05) is 11.9 Å². The molecule has 3 N–H and O–H groups in total. The van der Waals surface area contributed by atoms with Crippen molar-refractivity contribution in [2.24, 2.45) is 11.8 Å². The Hall–Kier alpha value is -3.30. The number of carboxylic acid groups (broad SMARTS) is 1. The molecule has 1 unspecified atom stereocenters. The van der Waals surface area contributed by atoms with Gasteiger partial charge in [0.05, 0.1) is 22.7 Å². The number of rotatable bonds is 5. The zero-order valence-electron chi connectivity index (χ0n) is 16.7. The summed E-state index contributed by atoms with van der Waals surface area (Å²) in [5.41, 5.74) is -0.0294. The number of fused-ring (bicyclic) bond motifs is 1. The zero-order chi connectivity index (χ0) is 22.3. The molecule has 0 aromatic heterocycles. The number of nitrogens with one attached hydrogen (secondary N) is 2. The second-order valence-electron chi connectivity index (χ2n) is 8.26. The monoisotopic (exact) mass is 431 g/mol. The van der Waals surface area contributed by atoms with Gasteiger partial charge < -0.3 is 10.4 Å². The van der Waals surface area contributed by atoms with Crippen LogP contribution in [0.15, 0.2) is 12.1 Å². The Bertz CT molecular complexity index is 986. The third kappa shape index (κ3) is 3.89. The molecule has 10 heteroatoms. The Morgan fingerprint density at radius 1 is 1.06 bits per heavy atom. The number of amides is 4. The zero-order valence-corrected chi connectivity index (χ0v) is 16.7. The van der Waals surface area contributed by atoms with Crippen LogP contribution in [0.3, 0.4) is 0 Å². The Kier molecular flexibility index (Phi) is 5.47. The minimum atomic E-state index is -1.10. The van der Waals surface area contributed by atoms with E-state index in [0.29, 0.717) is 32.2 Å². The molecule has 2 fully saturated rings. The fourth-order valence-electron chi connectivity index (χ4n) is 4.49. The molecule has 4 amide bonds. The number of benzene rings is 1. The Morgan fingerprint density at radius 2 is 1.71 bits per heavy atom. The maximum atomic E-state index is 14.6. The standard InChI is InChI=1S/C21H22FN3O6/c22-14-7-12-13(8-15(14)23-9-10-1-3-11(4-2-10)21(30)31)20(29)25(19(12)28)16-5-6-17(26)24-18(16)27/h7-8,10-11,16,23H,1-6,9H2,(H,30,31)(H,24,26,27). The molecule has 1 aromatic rings. The first-order chi connectivity index (χ1) is 14.8. The molecule has 2 heterocycles. The summed E-state index contributed by atoms with van der Waals surface area (Å²) in [6.45, 7) is 0.418. The smallest absolute Gasteiger partial charge is 0.306 e. The molecular weight excluding hydrogens is 409 g/mol. The quantitative estimate of drug-likeness (QED) is 0.602. The fourth-order valence-corrected chi connectivity index (χ4v) is 4.49. The van der Waals surface area contributed by atoms with Gasteiger partial charge in [0.1, 0.15) is 11.9 Å². The van der Waals surface area contributed by atoms with Crippen LogP contribution in [0.5, 0.6) is 0 Å². The number of carbonyl (C=O) groups is 5.